The molecule has 56 heavy (non-hydrogen) atoms. The first kappa shape index (κ1) is 45.3. The van der Waals surface area contributed by atoms with Gasteiger partial charge in [-0.2, -0.15) is 5.01 Å². The van der Waals surface area contributed by atoms with E-state index in [1.54, 1.807) is 49.4 Å². The Labute approximate surface area is 351 Å². The van der Waals surface area contributed by atoms with Crippen molar-refractivity contribution in [1.82, 2.24) is 4.31 Å². The minimum Gasteiger partial charge on any atom is -0.384 e. The summed E-state index contributed by atoms with van der Waals surface area (Å²) in [6.07, 6.45) is 14.8. The van der Waals surface area contributed by atoms with Crippen molar-refractivity contribution in [3.63, 3.8) is 0 Å². The molecule has 0 unspecified atom stereocenters. The third kappa shape index (κ3) is 13.9. The Hall–Kier alpha value is -3.39. The highest BCUT2D eigenvalue weighted by atomic mass is 35.5. The van der Waals surface area contributed by atoms with Crippen molar-refractivity contribution in [3.05, 3.63) is 74.7 Å². The van der Waals surface area contributed by atoms with Gasteiger partial charge in [-0.25, -0.2) is 17.7 Å². The fraction of sp³-hybridized carbons (Fsp3) is 0.450. The number of carbonyl (C=O) groups is 2. The van der Waals surface area contributed by atoms with E-state index in [2.05, 4.69) is 33.0 Å². The number of nitrogens with zero attached hydrogens (tertiary/aromatic N) is 4. The predicted molar refractivity (Wildman–Crippen MR) is 235 cm³/mol. The average Bonchev–Trinajstić information content (AvgIpc) is 3.43. The Bertz CT molecular complexity index is 1950. The number of amides is 2. The van der Waals surface area contributed by atoms with E-state index in [-0.39, 0.29) is 38.2 Å². The van der Waals surface area contributed by atoms with Gasteiger partial charge in [-0.3, -0.25) is 9.59 Å². The van der Waals surface area contributed by atoms with E-state index in [1.165, 1.54) is 74.1 Å². The number of aliphatic imine (C=N–C) groups is 1. The Balaban J connectivity index is 1.45. The van der Waals surface area contributed by atoms with Crippen LogP contribution < -0.4 is 21.0 Å². The SMILES string of the molecule is CCCCCCCCCCCCCC(=O)Nc1ccc(Cl)c(NC2=NN(c3c(Cl)cc(Cl)cc3Cl)C(=O)C2=Nc2ccc(NCCN(CC)S(C)(=O)=O)cc2)c1. The minimum atomic E-state index is -3.30. The van der Waals surface area contributed by atoms with Crippen LogP contribution in [0.3, 0.4) is 0 Å². The van der Waals surface area contributed by atoms with Crippen LogP contribution in [0.4, 0.5) is 28.4 Å². The molecule has 304 valence electrons. The molecule has 0 aliphatic carbocycles. The molecule has 2 amide bonds. The molecule has 0 spiro atoms. The Morgan fingerprint density at radius 3 is 1.98 bits per heavy atom. The van der Waals surface area contributed by atoms with Gasteiger partial charge in [-0.05, 0) is 61.0 Å². The molecule has 0 aromatic heterocycles. The molecule has 0 radical (unpaired) electrons. The molecule has 1 aliphatic heterocycles. The maximum atomic E-state index is 14.0. The summed E-state index contributed by atoms with van der Waals surface area (Å²) in [7, 11) is -3.30. The maximum Gasteiger partial charge on any atom is 0.301 e. The summed E-state index contributed by atoms with van der Waals surface area (Å²) >= 11 is 25.7. The molecular formula is C40H51Cl4N7O4S. The van der Waals surface area contributed by atoms with Crippen molar-refractivity contribution in [2.75, 3.05) is 46.8 Å². The zero-order valence-corrected chi connectivity index (χ0v) is 36.0. The van der Waals surface area contributed by atoms with Crippen LogP contribution in [-0.4, -0.2) is 62.0 Å². The van der Waals surface area contributed by atoms with Crippen molar-refractivity contribution < 1.29 is 18.0 Å². The van der Waals surface area contributed by atoms with Crippen LogP contribution in [0.1, 0.15) is 90.9 Å². The standard InChI is InChI=1S/C40H51Cl4N7O4S/c1-4-6-7-8-9-10-11-12-13-14-15-16-36(52)46-31-21-22-32(42)35(27-31)48-39-37(40(53)51(49-39)38-33(43)25-28(41)26-34(38)44)47-30-19-17-29(18-20-30)45-23-24-50(5-2)56(3,54)55/h17-22,25-27,45H,4-16,23-24H2,1-3H3,(H,46,52)(H,48,49). The van der Waals surface area contributed by atoms with Crippen LogP contribution in [0.25, 0.3) is 0 Å². The summed E-state index contributed by atoms with van der Waals surface area (Å²) in [5.41, 5.74) is 2.14. The summed E-state index contributed by atoms with van der Waals surface area (Å²) in [5, 5.41) is 15.7. The number of anilines is 4. The van der Waals surface area contributed by atoms with Gasteiger partial charge in [0.1, 0.15) is 5.69 Å². The molecule has 0 fully saturated rings. The topological polar surface area (TPSA) is 136 Å². The van der Waals surface area contributed by atoms with E-state index < -0.39 is 15.9 Å². The number of nitrogens with one attached hydrogen (secondary N) is 3. The minimum absolute atomic E-state index is 0.0541. The van der Waals surface area contributed by atoms with E-state index >= 15 is 0 Å². The number of hydrogen-bond acceptors (Lipinski definition) is 8. The Morgan fingerprint density at radius 1 is 0.804 bits per heavy atom. The largest absolute Gasteiger partial charge is 0.384 e. The van der Waals surface area contributed by atoms with Crippen LogP contribution in [0, 0.1) is 0 Å². The lowest BCUT2D eigenvalue weighted by Crippen LogP contribution is -2.33. The molecule has 4 rings (SSSR count). The second-order valence-corrected chi connectivity index (χ2v) is 17.3. The molecule has 16 heteroatoms. The second kappa shape index (κ2) is 22.5. The number of likely N-dealkylation sites (N-methyl/N-ethyl adjacent to an activating group) is 1. The third-order valence-electron chi connectivity index (χ3n) is 9.14. The van der Waals surface area contributed by atoms with E-state index in [0.29, 0.717) is 48.1 Å². The van der Waals surface area contributed by atoms with Gasteiger partial charge in [0, 0.05) is 42.5 Å². The lowest BCUT2D eigenvalue weighted by atomic mass is 10.1. The highest BCUT2D eigenvalue weighted by molar-refractivity contribution is 7.88. The van der Waals surface area contributed by atoms with Gasteiger partial charge in [0.05, 0.1) is 32.7 Å². The van der Waals surface area contributed by atoms with Crippen molar-refractivity contribution >= 4 is 108 Å². The first-order valence-electron chi connectivity index (χ1n) is 19.1. The second-order valence-electron chi connectivity index (χ2n) is 13.6. The molecular weight excluding hydrogens is 816 g/mol. The lowest BCUT2D eigenvalue weighted by molar-refractivity contribution is -0.116. The molecule has 0 bridgehead atoms. The first-order valence-corrected chi connectivity index (χ1v) is 22.5. The molecule has 0 atom stereocenters. The van der Waals surface area contributed by atoms with E-state index in [9.17, 15) is 18.0 Å². The van der Waals surface area contributed by atoms with Gasteiger partial charge in [0.15, 0.2) is 11.5 Å². The number of halogens is 4. The van der Waals surface area contributed by atoms with Gasteiger partial charge in [0.2, 0.25) is 15.9 Å². The molecule has 11 nitrogen and oxygen atoms in total. The van der Waals surface area contributed by atoms with E-state index in [1.807, 2.05) is 0 Å². The molecule has 0 saturated carbocycles. The maximum absolute atomic E-state index is 14.0. The van der Waals surface area contributed by atoms with Crippen LogP contribution in [0.2, 0.25) is 20.1 Å². The number of sulfonamides is 1. The van der Waals surface area contributed by atoms with E-state index in [0.717, 1.165) is 30.0 Å². The van der Waals surface area contributed by atoms with Gasteiger partial charge in [-0.15, -0.1) is 5.10 Å². The number of amidine groups is 1. The van der Waals surface area contributed by atoms with E-state index in [4.69, 9.17) is 46.4 Å². The normalized spacial score (nSPS) is 13.8. The highest BCUT2D eigenvalue weighted by Crippen LogP contribution is 2.39. The molecule has 1 heterocycles. The molecule has 1 aliphatic rings. The first-order chi connectivity index (χ1) is 26.8. The zero-order chi connectivity index (χ0) is 40.7. The van der Waals surface area contributed by atoms with Crippen LogP contribution in [0.15, 0.2) is 64.7 Å². The van der Waals surface area contributed by atoms with Gasteiger partial charge < -0.3 is 16.0 Å². The number of hydrazone groups is 1. The van der Waals surface area contributed by atoms with Crippen molar-refractivity contribution in [2.24, 2.45) is 10.1 Å². The Morgan fingerprint density at radius 2 is 1.39 bits per heavy atom. The van der Waals surface area contributed by atoms with Gasteiger partial charge in [-0.1, -0.05) is 124 Å². The third-order valence-corrected chi connectivity index (χ3v) is 11.6. The summed E-state index contributed by atoms with van der Waals surface area (Å²) in [6.45, 7) is 5.09. The monoisotopic (exact) mass is 865 g/mol. The van der Waals surface area contributed by atoms with Gasteiger partial charge >= 0.3 is 5.91 Å². The molecule has 3 aromatic rings. The van der Waals surface area contributed by atoms with Crippen LogP contribution in [0.5, 0.6) is 0 Å². The summed E-state index contributed by atoms with van der Waals surface area (Å²) in [5.74, 6) is -0.654. The molecule has 3 aromatic carbocycles. The molecule has 0 saturated heterocycles. The van der Waals surface area contributed by atoms with Crippen molar-refractivity contribution in [3.8, 4) is 0 Å². The number of unbranched alkanes of at least 4 members (excludes halogenated alkanes) is 10. The van der Waals surface area contributed by atoms with Crippen molar-refractivity contribution in [2.45, 2.75) is 90.9 Å². The summed E-state index contributed by atoms with van der Waals surface area (Å²) in [4.78, 5) is 31.4. The zero-order valence-electron chi connectivity index (χ0n) is 32.1. The van der Waals surface area contributed by atoms with Crippen LogP contribution >= 0.6 is 46.4 Å². The smallest absolute Gasteiger partial charge is 0.301 e. The average molecular weight is 868 g/mol. The fourth-order valence-electron chi connectivity index (χ4n) is 6.13. The number of hydrogen-bond donors (Lipinski definition) is 3. The quantitative estimate of drug-likeness (QED) is 0.0861. The highest BCUT2D eigenvalue weighted by Gasteiger charge is 2.36. The number of benzene rings is 3. The predicted octanol–water partition coefficient (Wildman–Crippen LogP) is 11.2. The van der Waals surface area contributed by atoms with Crippen LogP contribution in [-0.2, 0) is 19.6 Å². The van der Waals surface area contributed by atoms with Crippen molar-refractivity contribution in [1.29, 1.82) is 0 Å². The molecule has 3 N–H and O–H groups in total. The Kier molecular flexibility index (Phi) is 18.2. The van der Waals surface area contributed by atoms with Gasteiger partial charge in [0.25, 0.3) is 0 Å². The lowest BCUT2D eigenvalue weighted by Gasteiger charge is -2.18. The fourth-order valence-corrected chi connectivity index (χ4v) is 8.17. The summed E-state index contributed by atoms with van der Waals surface area (Å²) in [6, 6.07) is 14.9. The number of rotatable bonds is 22. The number of carbonyl (C=O) groups excluding carboxylic acids is 2. The summed E-state index contributed by atoms with van der Waals surface area (Å²) < 4.78 is 25.2.